The Labute approximate surface area is 111 Å². The second kappa shape index (κ2) is 5.63. The van der Waals surface area contributed by atoms with Crippen molar-refractivity contribution in [2.75, 3.05) is 20.2 Å². The van der Waals surface area contributed by atoms with E-state index >= 15 is 0 Å². The van der Waals surface area contributed by atoms with Gasteiger partial charge in [0.1, 0.15) is 0 Å². The maximum atomic E-state index is 12.2. The van der Waals surface area contributed by atoms with Gasteiger partial charge in [-0.1, -0.05) is 18.5 Å². The summed E-state index contributed by atoms with van der Waals surface area (Å²) in [7, 11) is 1.68. The normalized spacial score (nSPS) is 24.1. The van der Waals surface area contributed by atoms with Crippen LogP contribution in [0.4, 0.5) is 0 Å². The van der Waals surface area contributed by atoms with Crippen molar-refractivity contribution < 1.29 is 9.53 Å². The largest absolute Gasteiger partial charge is 0.379 e. The Morgan fingerprint density at radius 1 is 1.50 bits per heavy atom. The smallest absolute Gasteiger partial charge is 0.274 e. The molecule has 1 aliphatic rings. The molecular formula is C12H16ClN3O2. The fraction of sp³-hybridized carbons (Fsp3) is 0.583. The van der Waals surface area contributed by atoms with Gasteiger partial charge in [-0.15, -0.1) is 10.2 Å². The fourth-order valence-corrected chi connectivity index (χ4v) is 2.22. The Morgan fingerprint density at radius 3 is 2.89 bits per heavy atom. The molecule has 18 heavy (non-hydrogen) atoms. The van der Waals surface area contributed by atoms with Crippen molar-refractivity contribution in [1.82, 2.24) is 15.1 Å². The molecule has 2 atom stereocenters. The van der Waals surface area contributed by atoms with Crippen molar-refractivity contribution >= 4 is 17.5 Å². The van der Waals surface area contributed by atoms with Crippen LogP contribution in [0.1, 0.15) is 23.8 Å². The first kappa shape index (κ1) is 13.2. The van der Waals surface area contributed by atoms with Gasteiger partial charge in [0.25, 0.3) is 5.91 Å². The summed E-state index contributed by atoms with van der Waals surface area (Å²) in [4.78, 5) is 14.0. The van der Waals surface area contributed by atoms with Gasteiger partial charge < -0.3 is 9.64 Å². The molecule has 2 unspecified atom stereocenters. The van der Waals surface area contributed by atoms with Crippen LogP contribution in [0.5, 0.6) is 0 Å². The van der Waals surface area contributed by atoms with E-state index in [4.69, 9.17) is 16.3 Å². The first-order valence-corrected chi connectivity index (χ1v) is 6.31. The minimum atomic E-state index is -0.117. The summed E-state index contributed by atoms with van der Waals surface area (Å²) in [6, 6.07) is 3.17. The standard InChI is InChI=1S/C12H16ClN3O2/c1-8-5-6-16(7-10(8)18-2)12(17)9-3-4-11(13)15-14-9/h3-4,8,10H,5-7H2,1-2H3. The number of carbonyl (C=O) groups is 1. The molecule has 98 valence electrons. The van der Waals surface area contributed by atoms with Crippen LogP contribution in [0.3, 0.4) is 0 Å². The number of rotatable bonds is 2. The van der Waals surface area contributed by atoms with E-state index < -0.39 is 0 Å². The predicted octanol–water partition coefficient (Wildman–Crippen LogP) is 1.63. The lowest BCUT2D eigenvalue weighted by atomic mass is 9.95. The number of methoxy groups -OCH3 is 1. The minimum absolute atomic E-state index is 0.0861. The SMILES string of the molecule is COC1CN(C(=O)c2ccc(Cl)nn2)CCC1C. The van der Waals surface area contributed by atoms with E-state index in [9.17, 15) is 4.79 Å². The van der Waals surface area contributed by atoms with Crippen molar-refractivity contribution in [2.24, 2.45) is 5.92 Å². The van der Waals surface area contributed by atoms with E-state index in [1.54, 1.807) is 24.1 Å². The van der Waals surface area contributed by atoms with Gasteiger partial charge in [0, 0.05) is 20.2 Å². The van der Waals surface area contributed by atoms with E-state index in [1.165, 1.54) is 0 Å². The molecule has 0 spiro atoms. The number of amides is 1. The molecule has 1 fully saturated rings. The molecule has 0 aliphatic carbocycles. The van der Waals surface area contributed by atoms with Gasteiger partial charge in [0.2, 0.25) is 0 Å². The summed E-state index contributed by atoms with van der Waals surface area (Å²) in [5.74, 6) is 0.350. The third-order valence-corrected chi connectivity index (χ3v) is 3.53. The van der Waals surface area contributed by atoms with Crippen molar-refractivity contribution in [3.63, 3.8) is 0 Å². The van der Waals surface area contributed by atoms with Crippen LogP contribution in [-0.4, -0.2) is 47.3 Å². The number of likely N-dealkylation sites (tertiary alicyclic amines) is 1. The number of aromatic nitrogens is 2. The number of piperidine rings is 1. The highest BCUT2D eigenvalue weighted by Crippen LogP contribution is 2.20. The summed E-state index contributed by atoms with van der Waals surface area (Å²) in [6.07, 6.45) is 1.02. The van der Waals surface area contributed by atoms with Crippen LogP contribution in [0, 0.1) is 5.92 Å². The Kier molecular flexibility index (Phi) is 4.14. The maximum Gasteiger partial charge on any atom is 0.274 e. The van der Waals surface area contributed by atoms with Gasteiger partial charge in [0.15, 0.2) is 10.8 Å². The van der Waals surface area contributed by atoms with Gasteiger partial charge in [-0.05, 0) is 24.5 Å². The van der Waals surface area contributed by atoms with Crippen LogP contribution < -0.4 is 0 Å². The molecular weight excluding hydrogens is 254 g/mol. The molecule has 0 saturated carbocycles. The summed E-state index contributed by atoms with van der Waals surface area (Å²) in [5.41, 5.74) is 0.323. The number of nitrogens with zero attached hydrogens (tertiary/aromatic N) is 3. The Morgan fingerprint density at radius 2 is 2.28 bits per heavy atom. The van der Waals surface area contributed by atoms with Crippen LogP contribution in [0.2, 0.25) is 5.15 Å². The number of hydrogen-bond acceptors (Lipinski definition) is 4. The zero-order valence-electron chi connectivity index (χ0n) is 10.5. The van der Waals surface area contributed by atoms with E-state index in [1.807, 2.05) is 0 Å². The van der Waals surface area contributed by atoms with E-state index in [-0.39, 0.29) is 17.2 Å². The Balaban J connectivity index is 2.07. The van der Waals surface area contributed by atoms with Crippen molar-refractivity contribution in [1.29, 1.82) is 0 Å². The Hall–Kier alpha value is -1.20. The third-order valence-electron chi connectivity index (χ3n) is 3.33. The van der Waals surface area contributed by atoms with Crippen LogP contribution in [-0.2, 0) is 4.74 Å². The van der Waals surface area contributed by atoms with Crippen LogP contribution >= 0.6 is 11.6 Å². The molecule has 1 aromatic rings. The molecule has 0 bridgehead atoms. The van der Waals surface area contributed by atoms with Gasteiger partial charge >= 0.3 is 0 Å². The maximum absolute atomic E-state index is 12.2. The molecule has 2 rings (SSSR count). The lowest BCUT2D eigenvalue weighted by Crippen LogP contribution is -2.46. The van der Waals surface area contributed by atoms with E-state index in [2.05, 4.69) is 17.1 Å². The Bertz CT molecular complexity index is 424. The fourth-order valence-electron chi connectivity index (χ4n) is 2.12. The average molecular weight is 270 g/mol. The monoisotopic (exact) mass is 269 g/mol. The molecule has 1 amide bonds. The molecule has 0 radical (unpaired) electrons. The number of hydrogen-bond donors (Lipinski definition) is 0. The van der Waals surface area contributed by atoms with Crippen molar-refractivity contribution in [3.05, 3.63) is 23.0 Å². The molecule has 0 N–H and O–H groups in total. The van der Waals surface area contributed by atoms with Gasteiger partial charge in [-0.25, -0.2) is 0 Å². The molecule has 0 aromatic carbocycles. The summed E-state index contributed by atoms with van der Waals surface area (Å²) < 4.78 is 5.39. The van der Waals surface area contributed by atoms with E-state index in [0.717, 1.165) is 13.0 Å². The second-order valence-corrected chi connectivity index (χ2v) is 4.92. The number of ether oxygens (including phenoxy) is 1. The molecule has 2 heterocycles. The average Bonchev–Trinajstić information content (AvgIpc) is 2.39. The topological polar surface area (TPSA) is 55.3 Å². The van der Waals surface area contributed by atoms with Crippen LogP contribution in [0.25, 0.3) is 0 Å². The highest BCUT2D eigenvalue weighted by molar-refractivity contribution is 6.29. The molecule has 1 saturated heterocycles. The summed E-state index contributed by atoms with van der Waals surface area (Å²) in [6.45, 7) is 3.46. The van der Waals surface area contributed by atoms with Gasteiger partial charge in [-0.2, -0.15) is 0 Å². The lowest BCUT2D eigenvalue weighted by molar-refractivity contribution is -0.00181. The summed E-state index contributed by atoms with van der Waals surface area (Å²) in [5, 5.41) is 7.78. The minimum Gasteiger partial charge on any atom is -0.379 e. The van der Waals surface area contributed by atoms with Crippen molar-refractivity contribution in [3.8, 4) is 0 Å². The molecule has 6 heteroatoms. The highest BCUT2D eigenvalue weighted by Gasteiger charge is 2.29. The molecule has 1 aromatic heterocycles. The second-order valence-electron chi connectivity index (χ2n) is 4.53. The van der Waals surface area contributed by atoms with E-state index in [0.29, 0.717) is 18.2 Å². The van der Waals surface area contributed by atoms with Gasteiger partial charge in [-0.3, -0.25) is 4.79 Å². The quantitative estimate of drug-likeness (QED) is 0.819. The summed E-state index contributed by atoms with van der Waals surface area (Å²) >= 11 is 5.65. The van der Waals surface area contributed by atoms with Crippen LogP contribution in [0.15, 0.2) is 12.1 Å². The highest BCUT2D eigenvalue weighted by atomic mass is 35.5. The number of halogens is 1. The third kappa shape index (κ3) is 2.79. The molecule has 5 nitrogen and oxygen atoms in total. The van der Waals surface area contributed by atoms with Gasteiger partial charge in [0.05, 0.1) is 6.10 Å². The number of carbonyl (C=O) groups excluding carboxylic acids is 1. The predicted molar refractivity (Wildman–Crippen MR) is 67.5 cm³/mol. The molecule has 1 aliphatic heterocycles. The van der Waals surface area contributed by atoms with Crippen molar-refractivity contribution in [2.45, 2.75) is 19.4 Å². The first-order valence-electron chi connectivity index (χ1n) is 5.93. The first-order chi connectivity index (χ1) is 8.61. The zero-order valence-corrected chi connectivity index (χ0v) is 11.2. The lowest BCUT2D eigenvalue weighted by Gasteiger charge is -2.35. The zero-order chi connectivity index (χ0) is 13.1.